The molecule has 0 aliphatic rings. The molecule has 3 aromatic rings. The van der Waals surface area contributed by atoms with Gasteiger partial charge in [-0.1, -0.05) is 16.8 Å². The van der Waals surface area contributed by atoms with E-state index in [0.29, 0.717) is 17.1 Å². The molecule has 146 valence electrons. The molecular weight excluding hydrogens is 391 g/mol. The summed E-state index contributed by atoms with van der Waals surface area (Å²) in [6.45, 7) is 4.66. The van der Waals surface area contributed by atoms with E-state index in [0.717, 1.165) is 0 Å². The third-order valence-corrected chi connectivity index (χ3v) is 4.16. The lowest BCUT2D eigenvalue weighted by molar-refractivity contribution is -0.123. The summed E-state index contributed by atoms with van der Waals surface area (Å²) in [5.74, 6) is -1.07. The standard InChI is InChI=1S/C18H16ClFN4O4/c1-9-8-14(23-28-9)21-17(25)11(3)27-18(26)15-10(2)22-24(16(15)19)13-6-4-12(20)5-7-13/h4-8,11H,1-3H3,(H,21,23,25)/t11-/m1/s1. The number of hydrogen-bond acceptors (Lipinski definition) is 6. The van der Waals surface area contributed by atoms with E-state index < -0.39 is 23.8 Å². The maximum absolute atomic E-state index is 13.1. The molecule has 0 aliphatic carbocycles. The minimum atomic E-state index is -1.12. The molecule has 0 saturated carbocycles. The van der Waals surface area contributed by atoms with Gasteiger partial charge in [-0.2, -0.15) is 5.10 Å². The van der Waals surface area contributed by atoms with Gasteiger partial charge in [-0.15, -0.1) is 0 Å². The summed E-state index contributed by atoms with van der Waals surface area (Å²) in [5.41, 5.74) is 0.794. The Morgan fingerprint density at radius 2 is 1.96 bits per heavy atom. The summed E-state index contributed by atoms with van der Waals surface area (Å²) in [6, 6.07) is 6.97. The first-order chi connectivity index (χ1) is 13.3. The highest BCUT2D eigenvalue weighted by Crippen LogP contribution is 2.25. The van der Waals surface area contributed by atoms with Crippen LogP contribution in [0.1, 0.15) is 28.7 Å². The fourth-order valence-electron chi connectivity index (χ4n) is 2.41. The largest absolute Gasteiger partial charge is 0.449 e. The molecule has 3 rings (SSSR count). The van der Waals surface area contributed by atoms with Crippen LogP contribution >= 0.6 is 11.6 Å². The van der Waals surface area contributed by atoms with Crippen LogP contribution in [0.5, 0.6) is 0 Å². The summed E-state index contributed by atoms with van der Waals surface area (Å²) >= 11 is 6.28. The van der Waals surface area contributed by atoms with Crippen molar-refractivity contribution in [2.24, 2.45) is 0 Å². The molecule has 2 aromatic heterocycles. The number of halogens is 2. The molecule has 8 nitrogen and oxygen atoms in total. The number of aryl methyl sites for hydroxylation is 2. The second kappa shape index (κ2) is 7.81. The number of nitrogens with zero attached hydrogens (tertiary/aromatic N) is 3. The molecule has 1 N–H and O–H groups in total. The van der Waals surface area contributed by atoms with Gasteiger partial charge in [0.1, 0.15) is 22.3 Å². The van der Waals surface area contributed by atoms with Gasteiger partial charge in [0.2, 0.25) is 0 Å². The predicted molar refractivity (Wildman–Crippen MR) is 98.0 cm³/mol. The van der Waals surface area contributed by atoms with E-state index in [9.17, 15) is 14.0 Å². The van der Waals surface area contributed by atoms with Gasteiger partial charge in [-0.3, -0.25) is 4.79 Å². The normalized spacial score (nSPS) is 11.9. The first kappa shape index (κ1) is 19.6. The van der Waals surface area contributed by atoms with Crippen LogP contribution in [-0.4, -0.2) is 32.9 Å². The van der Waals surface area contributed by atoms with E-state index in [-0.39, 0.29) is 16.5 Å². The van der Waals surface area contributed by atoms with Crippen molar-refractivity contribution in [2.75, 3.05) is 5.32 Å². The summed E-state index contributed by atoms with van der Waals surface area (Å²) in [5, 5.41) is 10.3. The second-order valence-electron chi connectivity index (χ2n) is 6.00. The SMILES string of the molecule is Cc1cc(NC(=O)[C@@H](C)OC(=O)c2c(C)nn(-c3ccc(F)cc3)c2Cl)no1. The second-order valence-corrected chi connectivity index (χ2v) is 6.36. The maximum Gasteiger partial charge on any atom is 0.344 e. The van der Waals surface area contributed by atoms with Crippen molar-refractivity contribution in [3.63, 3.8) is 0 Å². The van der Waals surface area contributed by atoms with Crippen molar-refractivity contribution < 1.29 is 23.2 Å². The van der Waals surface area contributed by atoms with Crippen LogP contribution in [0.4, 0.5) is 10.2 Å². The fourth-order valence-corrected chi connectivity index (χ4v) is 2.76. The van der Waals surface area contributed by atoms with Crippen LogP contribution in [0, 0.1) is 19.7 Å². The molecule has 0 aliphatic heterocycles. The van der Waals surface area contributed by atoms with Gasteiger partial charge in [-0.05, 0) is 45.0 Å². The van der Waals surface area contributed by atoms with Crippen LogP contribution in [0.3, 0.4) is 0 Å². The minimum absolute atomic E-state index is 0.00570. The third-order valence-electron chi connectivity index (χ3n) is 3.81. The molecule has 0 spiro atoms. The summed E-state index contributed by atoms with van der Waals surface area (Å²) in [7, 11) is 0. The van der Waals surface area contributed by atoms with Gasteiger partial charge < -0.3 is 14.6 Å². The molecule has 2 heterocycles. The number of benzene rings is 1. The molecule has 10 heteroatoms. The third kappa shape index (κ3) is 4.04. The molecule has 28 heavy (non-hydrogen) atoms. The summed E-state index contributed by atoms with van der Waals surface area (Å²) in [4.78, 5) is 24.7. The van der Waals surface area contributed by atoms with Crippen molar-refractivity contribution >= 4 is 29.3 Å². The van der Waals surface area contributed by atoms with E-state index in [1.807, 2.05) is 0 Å². The average Bonchev–Trinajstić information content (AvgIpc) is 3.18. The Hall–Kier alpha value is -3.20. The molecule has 1 aromatic carbocycles. The molecule has 0 unspecified atom stereocenters. The van der Waals surface area contributed by atoms with E-state index in [1.54, 1.807) is 13.8 Å². The number of amides is 1. The fraction of sp³-hybridized carbons (Fsp3) is 0.222. The Labute approximate surface area is 164 Å². The molecule has 0 fully saturated rings. The number of nitrogens with one attached hydrogen (secondary N) is 1. The quantitative estimate of drug-likeness (QED) is 0.651. The van der Waals surface area contributed by atoms with Crippen LogP contribution in [0.25, 0.3) is 5.69 Å². The lowest BCUT2D eigenvalue weighted by Gasteiger charge is -2.12. The van der Waals surface area contributed by atoms with E-state index >= 15 is 0 Å². The van der Waals surface area contributed by atoms with Crippen molar-refractivity contribution in [1.29, 1.82) is 0 Å². The van der Waals surface area contributed by atoms with Gasteiger partial charge in [0, 0.05) is 6.07 Å². The highest BCUT2D eigenvalue weighted by molar-refractivity contribution is 6.33. The number of rotatable bonds is 5. The first-order valence-corrected chi connectivity index (χ1v) is 8.60. The Kier molecular flexibility index (Phi) is 5.46. The van der Waals surface area contributed by atoms with Crippen molar-refractivity contribution in [3.8, 4) is 5.69 Å². The van der Waals surface area contributed by atoms with Crippen molar-refractivity contribution in [2.45, 2.75) is 26.9 Å². The number of ether oxygens (including phenoxy) is 1. The smallest absolute Gasteiger partial charge is 0.344 e. The van der Waals surface area contributed by atoms with Gasteiger partial charge in [0.25, 0.3) is 5.91 Å². The number of carbonyl (C=O) groups is 2. The van der Waals surface area contributed by atoms with Crippen LogP contribution < -0.4 is 5.32 Å². The predicted octanol–water partition coefficient (Wildman–Crippen LogP) is 3.45. The zero-order valence-corrected chi connectivity index (χ0v) is 16.0. The van der Waals surface area contributed by atoms with Crippen LogP contribution in [0.2, 0.25) is 5.15 Å². The zero-order valence-electron chi connectivity index (χ0n) is 15.2. The first-order valence-electron chi connectivity index (χ1n) is 8.22. The van der Waals surface area contributed by atoms with Gasteiger partial charge >= 0.3 is 5.97 Å². The summed E-state index contributed by atoms with van der Waals surface area (Å²) in [6.07, 6.45) is -1.12. The van der Waals surface area contributed by atoms with E-state index in [1.165, 1.54) is 41.9 Å². The van der Waals surface area contributed by atoms with Crippen molar-refractivity contribution in [3.05, 3.63) is 58.3 Å². The van der Waals surface area contributed by atoms with Crippen LogP contribution in [0.15, 0.2) is 34.9 Å². The molecule has 1 atom stereocenters. The van der Waals surface area contributed by atoms with Gasteiger partial charge in [-0.25, -0.2) is 13.9 Å². The van der Waals surface area contributed by atoms with Gasteiger partial charge in [0.05, 0.1) is 11.4 Å². The number of anilines is 1. The zero-order chi connectivity index (χ0) is 20.4. The number of carbonyl (C=O) groups excluding carboxylic acids is 2. The molecule has 0 bridgehead atoms. The number of esters is 1. The Morgan fingerprint density at radius 3 is 2.57 bits per heavy atom. The minimum Gasteiger partial charge on any atom is -0.449 e. The highest BCUT2D eigenvalue weighted by Gasteiger charge is 2.26. The van der Waals surface area contributed by atoms with Crippen LogP contribution in [-0.2, 0) is 9.53 Å². The molecule has 0 radical (unpaired) electrons. The lowest BCUT2D eigenvalue weighted by Crippen LogP contribution is -2.30. The molecule has 1 amide bonds. The van der Waals surface area contributed by atoms with E-state index in [2.05, 4.69) is 15.6 Å². The van der Waals surface area contributed by atoms with E-state index in [4.69, 9.17) is 20.9 Å². The average molecular weight is 407 g/mol. The summed E-state index contributed by atoms with van der Waals surface area (Å²) < 4.78 is 24.4. The highest BCUT2D eigenvalue weighted by atomic mass is 35.5. The molecule has 0 saturated heterocycles. The Bertz CT molecular complexity index is 1030. The lowest BCUT2D eigenvalue weighted by atomic mass is 10.2. The topological polar surface area (TPSA) is 99.2 Å². The van der Waals surface area contributed by atoms with Crippen molar-refractivity contribution in [1.82, 2.24) is 14.9 Å². The Morgan fingerprint density at radius 1 is 1.29 bits per heavy atom. The Balaban J connectivity index is 1.75. The monoisotopic (exact) mass is 406 g/mol. The molecular formula is C18H16ClFN4O4. The number of hydrogen-bond donors (Lipinski definition) is 1. The van der Waals surface area contributed by atoms with Gasteiger partial charge in [0.15, 0.2) is 11.9 Å². The maximum atomic E-state index is 13.1. The number of aromatic nitrogens is 3.